The topological polar surface area (TPSA) is 103 Å². The monoisotopic (exact) mass is 422 g/mol. The van der Waals surface area contributed by atoms with E-state index in [1.54, 1.807) is 31.3 Å². The molecular formula is C22H19FN4O4. The summed E-state index contributed by atoms with van der Waals surface area (Å²) in [5.41, 5.74) is 1.49. The zero-order valence-electron chi connectivity index (χ0n) is 16.9. The largest absolute Gasteiger partial charge is 0.477 e. The van der Waals surface area contributed by atoms with E-state index in [0.29, 0.717) is 24.4 Å². The minimum absolute atomic E-state index is 0.0374. The minimum Gasteiger partial charge on any atom is -0.477 e. The number of carbonyl (C=O) groups is 1. The van der Waals surface area contributed by atoms with E-state index in [1.165, 1.54) is 24.5 Å². The Kier molecular flexibility index (Phi) is 5.74. The molecule has 0 saturated heterocycles. The second kappa shape index (κ2) is 8.78. The molecular weight excluding hydrogens is 403 g/mol. The lowest BCUT2D eigenvalue weighted by Gasteiger charge is -2.12. The molecule has 9 heteroatoms. The van der Waals surface area contributed by atoms with Gasteiger partial charge in [-0.3, -0.25) is 4.79 Å². The number of anilines is 1. The Hall–Kier alpha value is -4.01. The molecule has 0 radical (unpaired) electrons. The van der Waals surface area contributed by atoms with Crippen LogP contribution < -0.4 is 10.1 Å². The van der Waals surface area contributed by atoms with Crippen LogP contribution in [0.2, 0.25) is 0 Å². The molecule has 0 aliphatic carbocycles. The van der Waals surface area contributed by atoms with Crippen LogP contribution in [0.3, 0.4) is 0 Å². The quantitative estimate of drug-likeness (QED) is 0.459. The highest BCUT2D eigenvalue weighted by molar-refractivity contribution is 6.06. The normalized spacial score (nSPS) is 10.8. The van der Waals surface area contributed by atoms with Gasteiger partial charge in [-0.1, -0.05) is 6.92 Å². The lowest BCUT2D eigenvalue weighted by molar-refractivity contribution is 0.102. The molecule has 1 aromatic carbocycles. The highest BCUT2D eigenvalue weighted by atomic mass is 19.1. The van der Waals surface area contributed by atoms with Crippen molar-refractivity contribution in [3.05, 3.63) is 65.8 Å². The number of ether oxygens (including phenoxy) is 1. The van der Waals surface area contributed by atoms with Crippen molar-refractivity contribution in [2.45, 2.75) is 20.3 Å². The second-order valence-corrected chi connectivity index (χ2v) is 6.52. The molecule has 4 rings (SSSR count). The van der Waals surface area contributed by atoms with Crippen molar-refractivity contribution in [2.24, 2.45) is 0 Å². The highest BCUT2D eigenvalue weighted by Gasteiger charge is 2.19. The van der Waals surface area contributed by atoms with Crippen molar-refractivity contribution in [3.8, 4) is 29.0 Å². The van der Waals surface area contributed by atoms with E-state index in [2.05, 4.69) is 20.5 Å². The number of hydrogen-bond acceptors (Lipinski definition) is 7. The smallest absolute Gasteiger partial charge is 0.283 e. The molecule has 0 aliphatic heterocycles. The Morgan fingerprint density at radius 3 is 2.74 bits per heavy atom. The Morgan fingerprint density at radius 1 is 1.16 bits per heavy atom. The van der Waals surface area contributed by atoms with Gasteiger partial charge in [0.1, 0.15) is 11.4 Å². The van der Waals surface area contributed by atoms with Crippen LogP contribution in [0.1, 0.15) is 29.8 Å². The third-order valence-electron chi connectivity index (χ3n) is 4.46. The molecule has 3 aromatic heterocycles. The molecule has 3 heterocycles. The number of hydrogen-bond donors (Lipinski definition) is 1. The van der Waals surface area contributed by atoms with Gasteiger partial charge in [-0.05, 0) is 55.3 Å². The van der Waals surface area contributed by atoms with Gasteiger partial charge in [0.05, 0.1) is 18.6 Å². The van der Waals surface area contributed by atoms with Crippen LogP contribution in [0, 0.1) is 5.82 Å². The van der Waals surface area contributed by atoms with Crippen molar-refractivity contribution < 1.29 is 22.8 Å². The number of nitrogens with zero attached hydrogens (tertiary/aromatic N) is 3. The van der Waals surface area contributed by atoms with Gasteiger partial charge in [-0.25, -0.2) is 9.37 Å². The van der Waals surface area contributed by atoms with Gasteiger partial charge in [-0.15, -0.1) is 10.2 Å². The van der Waals surface area contributed by atoms with Gasteiger partial charge in [0.15, 0.2) is 5.76 Å². The molecule has 1 amide bonds. The number of amides is 1. The Labute approximate surface area is 177 Å². The predicted octanol–water partition coefficient (Wildman–Crippen LogP) is 4.74. The number of furan rings is 1. The maximum Gasteiger partial charge on any atom is 0.283 e. The summed E-state index contributed by atoms with van der Waals surface area (Å²) in [6.45, 7) is 4.09. The maximum atomic E-state index is 14.4. The van der Waals surface area contributed by atoms with Crippen LogP contribution in [0.5, 0.6) is 5.88 Å². The highest BCUT2D eigenvalue weighted by Crippen LogP contribution is 2.28. The summed E-state index contributed by atoms with van der Waals surface area (Å²) in [5.74, 6) is -0.190. The van der Waals surface area contributed by atoms with Crippen LogP contribution >= 0.6 is 0 Å². The first kappa shape index (κ1) is 20.3. The first-order valence-electron chi connectivity index (χ1n) is 9.69. The van der Waals surface area contributed by atoms with Gasteiger partial charge in [0, 0.05) is 11.8 Å². The molecule has 0 atom stereocenters. The van der Waals surface area contributed by atoms with Gasteiger partial charge in [0.2, 0.25) is 11.8 Å². The van der Waals surface area contributed by atoms with Crippen LogP contribution in [0.15, 0.2) is 57.7 Å². The molecule has 1 N–H and O–H groups in total. The average Bonchev–Trinajstić information content (AvgIpc) is 3.48. The van der Waals surface area contributed by atoms with Crippen LogP contribution in [0.4, 0.5) is 10.1 Å². The van der Waals surface area contributed by atoms with Crippen molar-refractivity contribution in [1.82, 2.24) is 15.2 Å². The van der Waals surface area contributed by atoms with Gasteiger partial charge in [0.25, 0.3) is 11.8 Å². The van der Waals surface area contributed by atoms with Gasteiger partial charge in [-0.2, -0.15) is 0 Å². The van der Waals surface area contributed by atoms with Gasteiger partial charge >= 0.3 is 0 Å². The molecule has 0 fully saturated rings. The zero-order valence-corrected chi connectivity index (χ0v) is 16.9. The number of halogens is 1. The number of aromatic nitrogens is 3. The fourth-order valence-corrected chi connectivity index (χ4v) is 2.89. The van der Waals surface area contributed by atoms with E-state index >= 15 is 0 Å². The second-order valence-electron chi connectivity index (χ2n) is 6.52. The molecule has 0 unspecified atom stereocenters. The van der Waals surface area contributed by atoms with Crippen molar-refractivity contribution in [3.63, 3.8) is 0 Å². The summed E-state index contributed by atoms with van der Waals surface area (Å²) in [7, 11) is 0. The number of pyridine rings is 1. The third-order valence-corrected chi connectivity index (χ3v) is 4.46. The molecule has 8 nitrogen and oxygen atoms in total. The number of aryl methyl sites for hydroxylation is 1. The first-order valence-corrected chi connectivity index (χ1v) is 9.69. The lowest BCUT2D eigenvalue weighted by Crippen LogP contribution is -2.16. The molecule has 4 aromatic rings. The minimum atomic E-state index is -0.611. The molecule has 31 heavy (non-hydrogen) atoms. The van der Waals surface area contributed by atoms with Crippen molar-refractivity contribution in [1.29, 1.82) is 0 Å². The summed E-state index contributed by atoms with van der Waals surface area (Å²) in [6.07, 6.45) is 3.83. The zero-order chi connectivity index (χ0) is 21.8. The summed E-state index contributed by atoms with van der Waals surface area (Å²) in [4.78, 5) is 17.1. The van der Waals surface area contributed by atoms with E-state index in [-0.39, 0.29) is 28.9 Å². The maximum absolute atomic E-state index is 14.4. The summed E-state index contributed by atoms with van der Waals surface area (Å²) in [5, 5.41) is 10.5. The summed E-state index contributed by atoms with van der Waals surface area (Å²) < 4.78 is 30.7. The van der Waals surface area contributed by atoms with E-state index in [4.69, 9.17) is 13.6 Å². The van der Waals surface area contributed by atoms with Crippen LogP contribution in [0.25, 0.3) is 23.1 Å². The van der Waals surface area contributed by atoms with Crippen LogP contribution in [-0.4, -0.2) is 27.7 Å². The summed E-state index contributed by atoms with van der Waals surface area (Å²) >= 11 is 0. The first-order chi connectivity index (χ1) is 15.1. The molecule has 0 spiro atoms. The standard InChI is InChI=1S/C22H19FN4O4/c1-3-13-10-15(21(24-12-13)29-4-2)19(28)25-17-11-14(7-8-16(17)23)20-26-27-22(31-20)18-6-5-9-30-18/h5-12H,3-4H2,1-2H3,(H,25,28). The Balaban J connectivity index is 1.62. The van der Waals surface area contributed by atoms with Crippen molar-refractivity contribution in [2.75, 3.05) is 11.9 Å². The van der Waals surface area contributed by atoms with E-state index in [1.807, 2.05) is 6.92 Å². The molecule has 0 bridgehead atoms. The molecule has 0 aliphatic rings. The predicted molar refractivity (Wildman–Crippen MR) is 110 cm³/mol. The lowest BCUT2D eigenvalue weighted by atomic mass is 10.1. The third kappa shape index (κ3) is 4.30. The Morgan fingerprint density at radius 2 is 2.00 bits per heavy atom. The number of nitrogens with one attached hydrogen (secondary N) is 1. The molecule has 158 valence electrons. The summed E-state index contributed by atoms with van der Waals surface area (Å²) in [6, 6.07) is 9.18. The van der Waals surface area contributed by atoms with E-state index < -0.39 is 11.7 Å². The Bertz CT molecular complexity index is 1200. The number of rotatable bonds is 7. The average molecular weight is 422 g/mol. The number of benzene rings is 1. The van der Waals surface area contributed by atoms with E-state index in [0.717, 1.165) is 5.56 Å². The van der Waals surface area contributed by atoms with Gasteiger partial charge < -0.3 is 18.9 Å². The van der Waals surface area contributed by atoms with Crippen LogP contribution in [-0.2, 0) is 6.42 Å². The fourth-order valence-electron chi connectivity index (χ4n) is 2.89. The number of carbonyl (C=O) groups excluding carboxylic acids is 1. The SMILES string of the molecule is CCOc1ncc(CC)cc1C(=O)Nc1cc(-c2nnc(-c3ccco3)o2)ccc1F. The van der Waals surface area contributed by atoms with Crippen molar-refractivity contribution >= 4 is 11.6 Å². The fraction of sp³-hybridized carbons (Fsp3) is 0.182. The molecule has 0 saturated carbocycles. The van der Waals surface area contributed by atoms with E-state index in [9.17, 15) is 9.18 Å².